The van der Waals surface area contributed by atoms with Gasteiger partial charge in [0.1, 0.15) is 12.2 Å². The Kier molecular flexibility index (Phi) is 8.56. The van der Waals surface area contributed by atoms with Crippen LogP contribution >= 0.6 is 23.2 Å². The van der Waals surface area contributed by atoms with E-state index >= 15 is 0 Å². The third kappa shape index (κ3) is 6.31. The van der Waals surface area contributed by atoms with Crippen LogP contribution in [0.3, 0.4) is 0 Å². The highest BCUT2D eigenvalue weighted by Crippen LogP contribution is 2.32. The van der Waals surface area contributed by atoms with Crippen molar-refractivity contribution in [1.29, 1.82) is 0 Å². The number of alkyl halides is 3. The molecule has 0 saturated heterocycles. The molecule has 5 unspecified atom stereocenters. The second kappa shape index (κ2) is 10.9. The lowest BCUT2D eigenvalue weighted by Gasteiger charge is -2.37. The van der Waals surface area contributed by atoms with E-state index in [9.17, 15) is 24.2 Å². The van der Waals surface area contributed by atoms with E-state index in [0.717, 1.165) is 5.56 Å². The molecule has 3 rings (SSSR count). The highest BCUT2D eigenvalue weighted by Gasteiger charge is 2.45. The summed E-state index contributed by atoms with van der Waals surface area (Å²) in [5.41, 5.74) is 0.862. The highest BCUT2D eigenvalue weighted by molar-refractivity contribution is 6.25. The van der Waals surface area contributed by atoms with Crippen molar-refractivity contribution in [2.24, 2.45) is 5.92 Å². The van der Waals surface area contributed by atoms with Crippen LogP contribution in [0.25, 0.3) is 0 Å². The van der Waals surface area contributed by atoms with Crippen molar-refractivity contribution in [3.63, 3.8) is 0 Å². The summed E-state index contributed by atoms with van der Waals surface area (Å²) < 4.78 is 13.4. The second-order valence-electron chi connectivity index (χ2n) is 8.49. The predicted octanol–water partition coefficient (Wildman–Crippen LogP) is 2.07. The van der Waals surface area contributed by atoms with Gasteiger partial charge >= 0.3 is 0 Å². The number of halogens is 3. The lowest BCUT2D eigenvalue weighted by atomic mass is 9.83. The van der Waals surface area contributed by atoms with Crippen LogP contribution in [-0.4, -0.2) is 63.2 Å². The molecule has 0 radical (unpaired) electrons. The van der Waals surface area contributed by atoms with E-state index in [2.05, 4.69) is 10.6 Å². The lowest BCUT2D eigenvalue weighted by molar-refractivity contribution is -0.136. The third-order valence-corrected chi connectivity index (χ3v) is 7.12. The number of benzene rings is 1. The highest BCUT2D eigenvalue weighted by atomic mass is 35.5. The van der Waals surface area contributed by atoms with Gasteiger partial charge in [-0.25, -0.2) is 4.39 Å². The van der Waals surface area contributed by atoms with Gasteiger partial charge in [-0.05, 0) is 37.7 Å². The summed E-state index contributed by atoms with van der Waals surface area (Å²) in [7, 11) is 0. The SMILES string of the molecule is O=C(N[C@@H](Cc1ccccc1)C(=O)NC1CCC(F)CC1)C1CC(Cl)C(O)C(Cl)C1O. The summed E-state index contributed by atoms with van der Waals surface area (Å²) in [6.45, 7) is 0. The van der Waals surface area contributed by atoms with E-state index < -0.39 is 47.0 Å². The van der Waals surface area contributed by atoms with Gasteiger partial charge in [0.25, 0.3) is 0 Å². The molecule has 31 heavy (non-hydrogen) atoms. The Labute approximate surface area is 191 Å². The predicted molar refractivity (Wildman–Crippen MR) is 117 cm³/mol. The molecule has 9 heteroatoms. The zero-order valence-electron chi connectivity index (χ0n) is 17.1. The molecule has 4 N–H and O–H groups in total. The van der Waals surface area contributed by atoms with E-state index in [1.807, 2.05) is 30.3 Å². The number of carbonyl (C=O) groups excluding carboxylic acids is 2. The van der Waals surface area contributed by atoms with E-state index in [-0.39, 0.29) is 24.8 Å². The van der Waals surface area contributed by atoms with Gasteiger partial charge < -0.3 is 20.8 Å². The molecule has 0 aromatic heterocycles. The van der Waals surface area contributed by atoms with Crippen LogP contribution in [0.5, 0.6) is 0 Å². The number of nitrogens with one attached hydrogen (secondary N) is 2. The monoisotopic (exact) mass is 474 g/mol. The molecular formula is C22H29Cl2FN2O4. The molecular weight excluding hydrogens is 446 g/mol. The molecule has 2 fully saturated rings. The molecule has 0 heterocycles. The van der Waals surface area contributed by atoms with Crippen molar-refractivity contribution in [3.05, 3.63) is 35.9 Å². The summed E-state index contributed by atoms with van der Waals surface area (Å²) >= 11 is 12.1. The number of carbonyl (C=O) groups is 2. The molecule has 1 aromatic carbocycles. The Balaban J connectivity index is 1.70. The van der Waals surface area contributed by atoms with Gasteiger partial charge in [0.05, 0.1) is 28.9 Å². The lowest BCUT2D eigenvalue weighted by Crippen LogP contribution is -2.57. The number of hydrogen-bond donors (Lipinski definition) is 4. The van der Waals surface area contributed by atoms with Crippen LogP contribution < -0.4 is 10.6 Å². The summed E-state index contributed by atoms with van der Waals surface area (Å²) in [6, 6.07) is 8.25. The summed E-state index contributed by atoms with van der Waals surface area (Å²) in [5, 5.41) is 24.1. The molecule has 2 saturated carbocycles. The van der Waals surface area contributed by atoms with Crippen LogP contribution in [0.1, 0.15) is 37.7 Å². The van der Waals surface area contributed by atoms with Gasteiger partial charge in [0.15, 0.2) is 0 Å². The maximum atomic E-state index is 13.4. The first-order valence-corrected chi connectivity index (χ1v) is 11.6. The summed E-state index contributed by atoms with van der Waals surface area (Å²) in [4.78, 5) is 26.0. The van der Waals surface area contributed by atoms with Gasteiger partial charge in [0, 0.05) is 12.5 Å². The fourth-order valence-electron chi connectivity index (χ4n) is 4.24. The molecule has 2 aliphatic carbocycles. The van der Waals surface area contributed by atoms with E-state index in [1.165, 1.54) is 0 Å². The fourth-order valence-corrected chi connectivity index (χ4v) is 5.02. The van der Waals surface area contributed by atoms with Gasteiger partial charge in [-0.2, -0.15) is 0 Å². The van der Waals surface area contributed by atoms with E-state index in [1.54, 1.807) is 0 Å². The number of hydrogen-bond acceptors (Lipinski definition) is 4. The molecule has 0 bridgehead atoms. The zero-order chi connectivity index (χ0) is 22.5. The van der Waals surface area contributed by atoms with Crippen molar-refractivity contribution in [3.8, 4) is 0 Å². The molecule has 2 aliphatic rings. The minimum absolute atomic E-state index is 0.0408. The number of aliphatic hydroxyl groups excluding tert-OH is 2. The van der Waals surface area contributed by atoms with Crippen molar-refractivity contribution in [1.82, 2.24) is 10.6 Å². The third-order valence-electron chi connectivity index (χ3n) is 6.17. The maximum absolute atomic E-state index is 13.4. The largest absolute Gasteiger partial charge is 0.391 e. The Morgan fingerprint density at radius 3 is 2.35 bits per heavy atom. The molecule has 0 aliphatic heterocycles. The maximum Gasteiger partial charge on any atom is 0.243 e. The van der Waals surface area contributed by atoms with Crippen LogP contribution in [0.2, 0.25) is 0 Å². The fraction of sp³-hybridized carbons (Fsp3) is 0.636. The van der Waals surface area contributed by atoms with Crippen molar-refractivity contribution in [2.75, 3.05) is 0 Å². The molecule has 6 atom stereocenters. The average molecular weight is 475 g/mol. The Bertz CT molecular complexity index is 748. The molecule has 6 nitrogen and oxygen atoms in total. The first-order valence-electron chi connectivity index (χ1n) is 10.7. The zero-order valence-corrected chi connectivity index (χ0v) is 18.6. The summed E-state index contributed by atoms with van der Waals surface area (Å²) in [6.07, 6.45) is -1.01. The molecule has 0 spiro atoms. The molecule has 1 aromatic rings. The van der Waals surface area contributed by atoms with Crippen LogP contribution in [-0.2, 0) is 16.0 Å². The minimum Gasteiger partial charge on any atom is -0.391 e. The minimum atomic E-state index is -1.29. The first-order chi connectivity index (χ1) is 14.8. The molecule has 172 valence electrons. The van der Waals surface area contributed by atoms with E-state index in [4.69, 9.17) is 23.2 Å². The Morgan fingerprint density at radius 1 is 1.06 bits per heavy atom. The Morgan fingerprint density at radius 2 is 1.71 bits per heavy atom. The van der Waals surface area contributed by atoms with Gasteiger partial charge in [-0.15, -0.1) is 23.2 Å². The van der Waals surface area contributed by atoms with E-state index in [0.29, 0.717) is 25.7 Å². The van der Waals surface area contributed by atoms with Crippen molar-refractivity contribution in [2.45, 2.75) is 79.7 Å². The number of aliphatic hydroxyl groups is 2. The van der Waals surface area contributed by atoms with Gasteiger partial charge in [-0.3, -0.25) is 9.59 Å². The molecule has 2 amide bonds. The van der Waals surface area contributed by atoms with Gasteiger partial charge in [0.2, 0.25) is 11.8 Å². The quantitative estimate of drug-likeness (QED) is 0.474. The standard InChI is InChI=1S/C22H29Cl2FN2O4/c23-16-11-15(19(28)18(24)20(16)29)21(30)27-17(10-12-4-2-1-3-5-12)22(31)26-14-8-6-13(25)7-9-14/h1-5,13-20,28-29H,6-11H2,(H,26,31)(H,27,30)/t13?,14?,15?,16?,17-,18?,19?,20?/m0/s1. The van der Waals surface area contributed by atoms with Crippen LogP contribution in [0, 0.1) is 5.92 Å². The van der Waals surface area contributed by atoms with Gasteiger partial charge in [-0.1, -0.05) is 30.3 Å². The van der Waals surface area contributed by atoms with Crippen LogP contribution in [0.15, 0.2) is 30.3 Å². The number of amides is 2. The topological polar surface area (TPSA) is 98.7 Å². The number of rotatable bonds is 6. The summed E-state index contributed by atoms with van der Waals surface area (Å²) in [5.74, 6) is -1.84. The smallest absolute Gasteiger partial charge is 0.243 e. The van der Waals surface area contributed by atoms with Crippen molar-refractivity contribution >= 4 is 35.0 Å². The van der Waals surface area contributed by atoms with Crippen molar-refractivity contribution < 1.29 is 24.2 Å². The second-order valence-corrected chi connectivity index (χ2v) is 9.56. The normalized spacial score (nSPS) is 34.5. The average Bonchev–Trinajstić information content (AvgIpc) is 2.76. The van der Waals surface area contributed by atoms with Crippen LogP contribution in [0.4, 0.5) is 4.39 Å². The first kappa shape index (κ1) is 24.2. The Hall–Kier alpha value is -1.41.